The predicted molar refractivity (Wildman–Crippen MR) is 40.3 cm³/mol. The molecular formula is C4H4ClMgNOS. The van der Waals surface area contributed by atoms with E-state index in [0.29, 0.717) is 4.34 Å². The van der Waals surface area contributed by atoms with Gasteiger partial charge in [-0.2, -0.15) is 0 Å². The van der Waals surface area contributed by atoms with Gasteiger partial charge in [0, 0.05) is 36.2 Å². The standard InChI is InChI=1S/C4H4ClNOS.Mg/c1-6-4(7)2-3(5)8-6;/h2H,1H3;. The van der Waals surface area contributed by atoms with E-state index >= 15 is 0 Å². The molecule has 0 aliphatic rings. The summed E-state index contributed by atoms with van der Waals surface area (Å²) in [6.45, 7) is 0. The second kappa shape index (κ2) is 3.60. The smallest absolute Gasteiger partial charge is 0.261 e. The number of rotatable bonds is 0. The first-order valence-electron chi connectivity index (χ1n) is 2.03. The van der Waals surface area contributed by atoms with Crippen molar-refractivity contribution in [2.45, 2.75) is 0 Å². The quantitative estimate of drug-likeness (QED) is 0.531. The van der Waals surface area contributed by atoms with Crippen LogP contribution in [0.1, 0.15) is 0 Å². The van der Waals surface area contributed by atoms with E-state index in [-0.39, 0.29) is 28.6 Å². The van der Waals surface area contributed by atoms with Crippen molar-refractivity contribution < 1.29 is 0 Å². The van der Waals surface area contributed by atoms with Crippen molar-refractivity contribution in [3.63, 3.8) is 0 Å². The molecule has 2 radical (unpaired) electrons. The Balaban J connectivity index is 0.000000640. The van der Waals surface area contributed by atoms with E-state index in [9.17, 15) is 4.79 Å². The summed E-state index contributed by atoms with van der Waals surface area (Å²) in [7, 11) is 1.68. The molecule has 1 heterocycles. The Hall–Kier alpha value is 0.486. The number of aryl methyl sites for hydroxylation is 1. The lowest BCUT2D eigenvalue weighted by Crippen LogP contribution is -2.05. The highest BCUT2D eigenvalue weighted by Crippen LogP contribution is 2.09. The molecule has 0 amide bonds. The molecule has 0 aromatic carbocycles. The Labute approximate surface area is 77.7 Å². The van der Waals surface area contributed by atoms with Gasteiger partial charge in [-0.25, -0.2) is 0 Å². The molecule has 9 heavy (non-hydrogen) atoms. The molecule has 1 aromatic heterocycles. The predicted octanol–water partition coefficient (Wildman–Crippen LogP) is 0.719. The molecule has 0 atom stereocenters. The monoisotopic (exact) mass is 173 g/mol. The third-order valence-corrected chi connectivity index (χ3v) is 1.83. The first-order chi connectivity index (χ1) is 3.70. The molecule has 5 heteroatoms. The van der Waals surface area contributed by atoms with E-state index in [4.69, 9.17) is 11.6 Å². The fraction of sp³-hybridized carbons (Fsp3) is 0.250. The lowest BCUT2D eigenvalue weighted by atomic mass is 10.7. The summed E-state index contributed by atoms with van der Waals surface area (Å²) in [5, 5.41) is 0. The molecule has 0 aliphatic carbocycles. The van der Waals surface area contributed by atoms with Gasteiger partial charge >= 0.3 is 0 Å². The minimum absolute atomic E-state index is 0. The first-order valence-corrected chi connectivity index (χ1v) is 3.18. The zero-order valence-electron chi connectivity index (χ0n) is 4.93. The Morgan fingerprint density at radius 2 is 2.33 bits per heavy atom. The highest BCUT2D eigenvalue weighted by molar-refractivity contribution is 7.11. The zero-order chi connectivity index (χ0) is 6.15. The molecule has 2 nitrogen and oxygen atoms in total. The van der Waals surface area contributed by atoms with Crippen LogP contribution in [0.15, 0.2) is 10.9 Å². The number of aromatic nitrogens is 1. The van der Waals surface area contributed by atoms with E-state index in [1.165, 1.54) is 21.6 Å². The fourth-order valence-electron chi connectivity index (χ4n) is 0.390. The highest BCUT2D eigenvalue weighted by Gasteiger charge is 1.93. The molecule has 0 saturated heterocycles. The van der Waals surface area contributed by atoms with Crippen molar-refractivity contribution in [3.8, 4) is 0 Å². The van der Waals surface area contributed by atoms with Gasteiger partial charge in [-0.3, -0.25) is 8.75 Å². The van der Waals surface area contributed by atoms with Crippen molar-refractivity contribution in [1.82, 2.24) is 3.96 Å². The van der Waals surface area contributed by atoms with E-state index in [2.05, 4.69) is 0 Å². The van der Waals surface area contributed by atoms with Crippen LogP contribution in [0.5, 0.6) is 0 Å². The minimum Gasteiger partial charge on any atom is -0.268 e. The van der Waals surface area contributed by atoms with Gasteiger partial charge in [-0.1, -0.05) is 11.6 Å². The molecule has 0 unspecified atom stereocenters. The van der Waals surface area contributed by atoms with Crippen LogP contribution < -0.4 is 5.56 Å². The van der Waals surface area contributed by atoms with Crippen LogP contribution in [0.25, 0.3) is 0 Å². The zero-order valence-corrected chi connectivity index (χ0v) is 7.91. The van der Waals surface area contributed by atoms with Gasteiger partial charge < -0.3 is 0 Å². The summed E-state index contributed by atoms with van der Waals surface area (Å²) in [4.78, 5) is 10.5. The molecule has 0 aliphatic heterocycles. The second-order valence-corrected chi connectivity index (χ2v) is 3.18. The normalized spacial score (nSPS) is 8.67. The Morgan fingerprint density at radius 1 is 1.78 bits per heavy atom. The third kappa shape index (κ3) is 2.29. The number of hydrogen-bond donors (Lipinski definition) is 0. The van der Waals surface area contributed by atoms with Crippen molar-refractivity contribution in [2.75, 3.05) is 0 Å². The molecular weight excluding hydrogens is 170 g/mol. The van der Waals surface area contributed by atoms with Crippen LogP contribution in [0, 0.1) is 0 Å². The van der Waals surface area contributed by atoms with Crippen LogP contribution in [0.2, 0.25) is 4.34 Å². The van der Waals surface area contributed by atoms with E-state index in [0.717, 1.165) is 0 Å². The van der Waals surface area contributed by atoms with Crippen molar-refractivity contribution >= 4 is 46.2 Å². The molecule has 0 bridgehead atoms. The average Bonchev–Trinajstić information content (AvgIpc) is 1.85. The lowest BCUT2D eigenvalue weighted by Gasteiger charge is -1.77. The van der Waals surface area contributed by atoms with Crippen molar-refractivity contribution in [2.24, 2.45) is 7.05 Å². The topological polar surface area (TPSA) is 22.0 Å². The number of nitrogens with zero attached hydrogens (tertiary/aromatic N) is 1. The van der Waals surface area contributed by atoms with Crippen LogP contribution in [-0.4, -0.2) is 27.0 Å². The Morgan fingerprint density at radius 3 is 2.44 bits per heavy atom. The second-order valence-electron chi connectivity index (χ2n) is 1.38. The number of halogens is 1. The van der Waals surface area contributed by atoms with Gasteiger partial charge in [-0.05, 0) is 11.5 Å². The van der Waals surface area contributed by atoms with Gasteiger partial charge in [0.25, 0.3) is 5.56 Å². The largest absolute Gasteiger partial charge is 0.268 e. The maximum absolute atomic E-state index is 10.5. The highest BCUT2D eigenvalue weighted by atomic mass is 35.5. The van der Waals surface area contributed by atoms with Crippen molar-refractivity contribution in [1.29, 1.82) is 0 Å². The average molecular weight is 174 g/mol. The Bertz CT molecular complexity index is 243. The SMILES string of the molecule is Cn1sc(Cl)cc1=O.[Mg]. The molecule has 1 rings (SSSR count). The molecule has 0 saturated carbocycles. The molecule has 1 aromatic rings. The summed E-state index contributed by atoms with van der Waals surface area (Å²) >= 11 is 6.70. The summed E-state index contributed by atoms with van der Waals surface area (Å²) in [5.41, 5.74) is -0.0417. The van der Waals surface area contributed by atoms with Crippen LogP contribution in [-0.2, 0) is 7.05 Å². The number of hydrogen-bond acceptors (Lipinski definition) is 2. The van der Waals surface area contributed by atoms with Gasteiger partial charge in [0.15, 0.2) is 0 Å². The first kappa shape index (κ1) is 9.49. The lowest BCUT2D eigenvalue weighted by molar-refractivity contribution is 0.981. The van der Waals surface area contributed by atoms with Crippen LogP contribution >= 0.6 is 23.1 Å². The van der Waals surface area contributed by atoms with Crippen LogP contribution in [0.4, 0.5) is 0 Å². The van der Waals surface area contributed by atoms with Gasteiger partial charge in [0.2, 0.25) is 0 Å². The van der Waals surface area contributed by atoms with Gasteiger partial charge in [0.1, 0.15) is 4.34 Å². The maximum Gasteiger partial charge on any atom is 0.261 e. The summed E-state index contributed by atoms with van der Waals surface area (Å²) in [6, 6.07) is 1.40. The summed E-state index contributed by atoms with van der Waals surface area (Å²) < 4.78 is 2.01. The summed E-state index contributed by atoms with van der Waals surface area (Å²) in [5.74, 6) is 0. The van der Waals surface area contributed by atoms with E-state index in [1.807, 2.05) is 0 Å². The molecule has 46 valence electrons. The van der Waals surface area contributed by atoms with E-state index < -0.39 is 0 Å². The fourth-order valence-corrected chi connectivity index (χ4v) is 1.35. The minimum atomic E-state index is -0.0417. The maximum atomic E-state index is 10.5. The molecule has 0 fully saturated rings. The van der Waals surface area contributed by atoms with E-state index in [1.54, 1.807) is 7.05 Å². The summed E-state index contributed by atoms with van der Waals surface area (Å²) in [6.07, 6.45) is 0. The molecule has 0 spiro atoms. The van der Waals surface area contributed by atoms with Gasteiger partial charge in [0.05, 0.1) is 0 Å². The Kier molecular flexibility index (Phi) is 3.80. The van der Waals surface area contributed by atoms with Gasteiger partial charge in [-0.15, -0.1) is 0 Å². The van der Waals surface area contributed by atoms with Crippen LogP contribution in [0.3, 0.4) is 0 Å². The third-order valence-electron chi connectivity index (χ3n) is 0.771. The van der Waals surface area contributed by atoms with Crippen molar-refractivity contribution in [3.05, 3.63) is 20.8 Å². The molecule has 0 N–H and O–H groups in total.